The Bertz CT molecular complexity index is 1390. The van der Waals surface area contributed by atoms with Gasteiger partial charge in [0.15, 0.2) is 0 Å². The SMILES string of the molecule is CCCNC(=O)C(Cc1ccccc1)N(Cc1ccc(Br)cc1)C(=O)CN(c1ccc(C)c(Cl)c1)S(C)(=O)=O. The molecule has 0 saturated heterocycles. The number of anilines is 1. The van der Waals surface area contributed by atoms with E-state index in [1.54, 1.807) is 12.1 Å². The molecule has 2 amide bonds. The van der Waals surface area contributed by atoms with Crippen LogP contribution in [0.3, 0.4) is 0 Å². The first-order valence-electron chi connectivity index (χ1n) is 12.6. The minimum Gasteiger partial charge on any atom is -0.354 e. The fourth-order valence-corrected chi connectivity index (χ4v) is 5.34. The molecule has 3 aromatic rings. The summed E-state index contributed by atoms with van der Waals surface area (Å²) in [5.74, 6) is -0.803. The molecule has 0 fully saturated rings. The average Bonchev–Trinajstić information content (AvgIpc) is 2.90. The van der Waals surface area contributed by atoms with Gasteiger partial charge in [0.05, 0.1) is 11.9 Å². The number of hydrogen-bond acceptors (Lipinski definition) is 4. The molecule has 3 aromatic carbocycles. The minimum absolute atomic E-state index is 0.120. The van der Waals surface area contributed by atoms with E-state index in [4.69, 9.17) is 11.6 Å². The highest BCUT2D eigenvalue weighted by atomic mass is 79.9. The van der Waals surface area contributed by atoms with E-state index >= 15 is 0 Å². The van der Waals surface area contributed by atoms with Gasteiger partial charge in [-0.2, -0.15) is 0 Å². The summed E-state index contributed by atoms with van der Waals surface area (Å²) in [7, 11) is -3.85. The molecule has 0 heterocycles. The highest BCUT2D eigenvalue weighted by Gasteiger charge is 2.33. The maximum Gasteiger partial charge on any atom is 0.244 e. The minimum atomic E-state index is -3.85. The monoisotopic (exact) mass is 633 g/mol. The first kappa shape index (κ1) is 30.7. The Kier molecular flexibility index (Phi) is 11.0. The van der Waals surface area contributed by atoms with Crippen LogP contribution in [-0.2, 0) is 32.6 Å². The van der Waals surface area contributed by atoms with Gasteiger partial charge in [-0.3, -0.25) is 13.9 Å². The van der Waals surface area contributed by atoms with Crippen LogP contribution in [0.5, 0.6) is 0 Å². The molecule has 0 aliphatic heterocycles. The Balaban J connectivity index is 2.04. The van der Waals surface area contributed by atoms with E-state index in [2.05, 4.69) is 21.2 Å². The fourth-order valence-electron chi connectivity index (χ4n) is 4.06. The smallest absolute Gasteiger partial charge is 0.244 e. The molecule has 1 unspecified atom stereocenters. The van der Waals surface area contributed by atoms with Crippen molar-refractivity contribution in [2.75, 3.05) is 23.7 Å². The van der Waals surface area contributed by atoms with E-state index in [0.717, 1.165) is 38.1 Å². The number of halogens is 2. The van der Waals surface area contributed by atoms with Crippen LogP contribution < -0.4 is 9.62 Å². The fraction of sp³-hybridized carbons (Fsp3) is 0.310. The molecular formula is C29H33BrClN3O4S. The van der Waals surface area contributed by atoms with Gasteiger partial charge in [-0.05, 0) is 54.3 Å². The summed E-state index contributed by atoms with van der Waals surface area (Å²) in [5.41, 5.74) is 2.75. The molecule has 0 bridgehead atoms. The molecule has 0 saturated carbocycles. The maximum atomic E-state index is 14.0. The first-order chi connectivity index (χ1) is 18.5. The van der Waals surface area contributed by atoms with Crippen LogP contribution in [0, 0.1) is 6.92 Å². The molecule has 10 heteroatoms. The summed E-state index contributed by atoms with van der Waals surface area (Å²) in [5, 5.41) is 3.31. The van der Waals surface area contributed by atoms with E-state index in [0.29, 0.717) is 11.6 Å². The van der Waals surface area contributed by atoms with E-state index in [9.17, 15) is 18.0 Å². The molecular weight excluding hydrogens is 602 g/mol. The van der Waals surface area contributed by atoms with Crippen LogP contribution in [0.2, 0.25) is 5.02 Å². The van der Waals surface area contributed by atoms with Crippen molar-refractivity contribution in [1.29, 1.82) is 0 Å². The van der Waals surface area contributed by atoms with E-state index in [1.165, 1.54) is 11.0 Å². The lowest BCUT2D eigenvalue weighted by Crippen LogP contribution is -2.53. The molecule has 0 aromatic heterocycles. The lowest BCUT2D eigenvalue weighted by atomic mass is 10.0. The van der Waals surface area contributed by atoms with E-state index in [1.807, 2.05) is 68.4 Å². The summed E-state index contributed by atoms with van der Waals surface area (Å²) < 4.78 is 27.6. The third-order valence-corrected chi connectivity index (χ3v) is 8.29. The number of rotatable bonds is 12. The van der Waals surface area contributed by atoms with Crippen molar-refractivity contribution in [3.05, 3.63) is 99.0 Å². The van der Waals surface area contributed by atoms with Crippen molar-refractivity contribution in [1.82, 2.24) is 10.2 Å². The first-order valence-corrected chi connectivity index (χ1v) is 15.6. The third kappa shape index (κ3) is 8.81. The average molecular weight is 635 g/mol. The Labute approximate surface area is 244 Å². The number of benzene rings is 3. The molecule has 0 radical (unpaired) electrons. The molecule has 7 nitrogen and oxygen atoms in total. The van der Waals surface area contributed by atoms with Crippen molar-refractivity contribution in [3.8, 4) is 0 Å². The number of carbonyl (C=O) groups excluding carboxylic acids is 2. The second-order valence-corrected chi connectivity index (χ2v) is 12.6. The van der Waals surface area contributed by atoms with Crippen LogP contribution in [0.25, 0.3) is 0 Å². The molecule has 3 rings (SSSR count). The Hall–Kier alpha value is -2.88. The zero-order valence-electron chi connectivity index (χ0n) is 22.2. The summed E-state index contributed by atoms with van der Waals surface area (Å²) in [6.45, 7) is 3.86. The predicted molar refractivity (Wildman–Crippen MR) is 160 cm³/mol. The lowest BCUT2D eigenvalue weighted by molar-refractivity contribution is -0.140. The van der Waals surface area contributed by atoms with Gasteiger partial charge in [-0.1, -0.05) is 83.0 Å². The number of hydrogen-bond donors (Lipinski definition) is 1. The number of nitrogens with one attached hydrogen (secondary N) is 1. The normalized spacial score (nSPS) is 12.0. The summed E-state index contributed by atoms with van der Waals surface area (Å²) >= 11 is 9.71. The highest BCUT2D eigenvalue weighted by Crippen LogP contribution is 2.26. The summed E-state index contributed by atoms with van der Waals surface area (Å²) in [4.78, 5) is 28.9. The van der Waals surface area contributed by atoms with Gasteiger partial charge in [0.1, 0.15) is 12.6 Å². The Morgan fingerprint density at radius 2 is 1.67 bits per heavy atom. The molecule has 208 valence electrons. The highest BCUT2D eigenvalue weighted by molar-refractivity contribution is 9.10. The molecule has 0 aliphatic rings. The van der Waals surface area contributed by atoms with Crippen molar-refractivity contribution >= 4 is 55.1 Å². The molecule has 0 aliphatic carbocycles. The van der Waals surface area contributed by atoms with Crippen molar-refractivity contribution in [3.63, 3.8) is 0 Å². The van der Waals surface area contributed by atoms with E-state index in [-0.39, 0.29) is 24.6 Å². The molecule has 1 atom stereocenters. The van der Waals surface area contributed by atoms with Gasteiger partial charge in [-0.15, -0.1) is 0 Å². The van der Waals surface area contributed by atoms with Crippen LogP contribution in [-0.4, -0.2) is 50.5 Å². The van der Waals surface area contributed by atoms with Gasteiger partial charge >= 0.3 is 0 Å². The Morgan fingerprint density at radius 1 is 1.00 bits per heavy atom. The quantitative estimate of drug-likeness (QED) is 0.291. The van der Waals surface area contributed by atoms with Crippen LogP contribution in [0.15, 0.2) is 77.3 Å². The number of sulfonamides is 1. The van der Waals surface area contributed by atoms with Gasteiger partial charge in [0.25, 0.3) is 0 Å². The number of nitrogens with zero attached hydrogens (tertiary/aromatic N) is 2. The van der Waals surface area contributed by atoms with Gasteiger partial charge in [-0.25, -0.2) is 8.42 Å². The molecule has 39 heavy (non-hydrogen) atoms. The van der Waals surface area contributed by atoms with Crippen molar-refractivity contribution in [2.24, 2.45) is 0 Å². The number of carbonyl (C=O) groups is 2. The predicted octanol–water partition coefficient (Wildman–Crippen LogP) is 5.34. The van der Waals surface area contributed by atoms with Gasteiger partial charge in [0, 0.05) is 29.0 Å². The molecule has 1 N–H and O–H groups in total. The number of amides is 2. The summed E-state index contributed by atoms with van der Waals surface area (Å²) in [6, 6.07) is 20.9. The van der Waals surface area contributed by atoms with Crippen molar-refractivity contribution < 1.29 is 18.0 Å². The lowest BCUT2D eigenvalue weighted by Gasteiger charge is -2.33. The van der Waals surface area contributed by atoms with Crippen LogP contribution >= 0.6 is 27.5 Å². The summed E-state index contributed by atoms with van der Waals surface area (Å²) in [6.07, 6.45) is 2.05. The topological polar surface area (TPSA) is 86.8 Å². The van der Waals surface area contributed by atoms with Crippen LogP contribution in [0.4, 0.5) is 5.69 Å². The van der Waals surface area contributed by atoms with E-state index < -0.39 is 28.5 Å². The standard InChI is InChI=1S/C29H33BrClN3O4S/c1-4-16-32-29(36)27(17-22-8-6-5-7-9-22)33(19-23-11-13-24(30)14-12-23)28(35)20-34(39(3,37)38)25-15-10-21(2)26(31)18-25/h5-15,18,27H,4,16-17,19-20H2,1-3H3,(H,32,36). The zero-order valence-corrected chi connectivity index (χ0v) is 25.4. The third-order valence-electron chi connectivity index (χ3n) is 6.21. The molecule has 0 spiro atoms. The Morgan fingerprint density at radius 3 is 2.26 bits per heavy atom. The second kappa shape index (κ2) is 14.0. The second-order valence-electron chi connectivity index (χ2n) is 9.35. The van der Waals surface area contributed by atoms with Crippen LogP contribution in [0.1, 0.15) is 30.0 Å². The maximum absolute atomic E-state index is 14.0. The van der Waals surface area contributed by atoms with Gasteiger partial charge in [0.2, 0.25) is 21.8 Å². The van der Waals surface area contributed by atoms with Crippen molar-refractivity contribution in [2.45, 2.75) is 39.3 Å². The largest absolute Gasteiger partial charge is 0.354 e. The number of aryl methyl sites for hydroxylation is 1. The van der Waals surface area contributed by atoms with Gasteiger partial charge < -0.3 is 10.2 Å². The zero-order chi connectivity index (χ0) is 28.6.